The maximum Gasteiger partial charge on any atom is 0.142 e. The number of benzene rings is 1. The third kappa shape index (κ3) is 1.10. The zero-order valence-corrected chi connectivity index (χ0v) is 7.80. The van der Waals surface area contributed by atoms with Gasteiger partial charge in [-0.25, -0.2) is 0 Å². The van der Waals surface area contributed by atoms with Crippen LogP contribution in [0.3, 0.4) is 0 Å². The molecule has 2 aromatic rings. The first-order valence-electron chi connectivity index (χ1n) is 3.82. The van der Waals surface area contributed by atoms with Crippen molar-refractivity contribution in [3.63, 3.8) is 0 Å². The number of fused-ring (bicyclic) bond motifs is 1. The number of nitrogens with zero attached hydrogens (tertiary/aromatic N) is 2. The number of hydrogen-bond acceptors (Lipinski definition) is 4. The standard InChI is InChI=1S/C10H4N2OS/c11-4-6-1-2-9-8(10(6)13)3-7(5-12)14-9/h1-3,13H. The number of aromatic hydroxyl groups is 1. The Morgan fingerprint density at radius 1 is 1.21 bits per heavy atom. The van der Waals surface area contributed by atoms with Gasteiger partial charge < -0.3 is 5.11 Å². The summed E-state index contributed by atoms with van der Waals surface area (Å²) in [5.74, 6) is -0.0391. The highest BCUT2D eigenvalue weighted by molar-refractivity contribution is 7.19. The molecule has 14 heavy (non-hydrogen) atoms. The van der Waals surface area contributed by atoms with Crippen LogP contribution in [0.1, 0.15) is 10.4 Å². The number of hydrogen-bond donors (Lipinski definition) is 1. The van der Waals surface area contributed by atoms with Crippen LogP contribution in [0.4, 0.5) is 0 Å². The second-order valence-corrected chi connectivity index (χ2v) is 3.79. The van der Waals surface area contributed by atoms with Gasteiger partial charge in [-0.2, -0.15) is 10.5 Å². The Labute approximate surface area is 84.1 Å². The smallest absolute Gasteiger partial charge is 0.142 e. The van der Waals surface area contributed by atoms with Crippen molar-refractivity contribution >= 4 is 21.4 Å². The largest absolute Gasteiger partial charge is 0.506 e. The van der Waals surface area contributed by atoms with E-state index in [1.54, 1.807) is 18.2 Å². The van der Waals surface area contributed by atoms with Crippen LogP contribution in [0.5, 0.6) is 5.75 Å². The maximum atomic E-state index is 9.63. The summed E-state index contributed by atoms with van der Waals surface area (Å²) in [6, 6.07) is 8.77. The van der Waals surface area contributed by atoms with E-state index in [9.17, 15) is 5.11 Å². The molecule has 0 aliphatic rings. The molecule has 0 saturated carbocycles. The molecule has 1 aromatic heterocycles. The number of phenolic OH excluding ortho intramolecular Hbond substituents is 1. The zero-order valence-electron chi connectivity index (χ0n) is 6.98. The first-order chi connectivity index (χ1) is 6.76. The lowest BCUT2D eigenvalue weighted by atomic mass is 10.1. The molecule has 1 aromatic carbocycles. The van der Waals surface area contributed by atoms with E-state index >= 15 is 0 Å². The van der Waals surface area contributed by atoms with Crippen LogP contribution < -0.4 is 0 Å². The monoisotopic (exact) mass is 200 g/mol. The minimum atomic E-state index is -0.0391. The summed E-state index contributed by atoms with van der Waals surface area (Å²) < 4.78 is 0.818. The van der Waals surface area contributed by atoms with Gasteiger partial charge in [0.2, 0.25) is 0 Å². The molecule has 4 heteroatoms. The Balaban J connectivity index is 2.85. The third-order valence-electron chi connectivity index (χ3n) is 1.90. The fourth-order valence-corrected chi connectivity index (χ4v) is 2.10. The summed E-state index contributed by atoms with van der Waals surface area (Å²) in [5.41, 5.74) is 0.236. The maximum absolute atomic E-state index is 9.63. The molecule has 0 amide bonds. The fourth-order valence-electron chi connectivity index (χ4n) is 1.24. The van der Waals surface area contributed by atoms with Crippen molar-refractivity contribution in [2.24, 2.45) is 0 Å². The van der Waals surface area contributed by atoms with Gasteiger partial charge >= 0.3 is 0 Å². The first-order valence-corrected chi connectivity index (χ1v) is 4.63. The van der Waals surface area contributed by atoms with E-state index in [2.05, 4.69) is 0 Å². The predicted molar refractivity (Wildman–Crippen MR) is 52.9 cm³/mol. The van der Waals surface area contributed by atoms with E-state index in [-0.39, 0.29) is 11.3 Å². The lowest BCUT2D eigenvalue weighted by molar-refractivity contribution is 0.480. The molecule has 0 atom stereocenters. The lowest BCUT2D eigenvalue weighted by Gasteiger charge is -1.95. The summed E-state index contributed by atoms with van der Waals surface area (Å²) in [6.07, 6.45) is 0. The highest BCUT2D eigenvalue weighted by Crippen LogP contribution is 2.33. The Kier molecular flexibility index (Phi) is 1.85. The van der Waals surface area contributed by atoms with Crippen molar-refractivity contribution in [1.82, 2.24) is 0 Å². The van der Waals surface area contributed by atoms with Crippen molar-refractivity contribution in [2.75, 3.05) is 0 Å². The van der Waals surface area contributed by atoms with Crippen LogP contribution >= 0.6 is 11.3 Å². The van der Waals surface area contributed by atoms with Crippen molar-refractivity contribution < 1.29 is 5.11 Å². The molecule has 0 aliphatic carbocycles. The number of phenols is 1. The van der Waals surface area contributed by atoms with Gasteiger partial charge in [0.1, 0.15) is 22.8 Å². The second kappa shape index (κ2) is 3.02. The number of thiophene rings is 1. The average Bonchev–Trinajstić information content (AvgIpc) is 2.62. The van der Waals surface area contributed by atoms with Crippen molar-refractivity contribution in [1.29, 1.82) is 10.5 Å². The summed E-state index contributed by atoms with van der Waals surface area (Å²) in [5, 5.41) is 27.5. The average molecular weight is 200 g/mol. The number of rotatable bonds is 0. The van der Waals surface area contributed by atoms with Gasteiger partial charge in [-0.05, 0) is 18.2 Å². The van der Waals surface area contributed by atoms with Crippen molar-refractivity contribution in [2.45, 2.75) is 0 Å². The van der Waals surface area contributed by atoms with Crippen LogP contribution in [0.25, 0.3) is 10.1 Å². The van der Waals surface area contributed by atoms with Crippen LogP contribution in [0.15, 0.2) is 18.2 Å². The highest BCUT2D eigenvalue weighted by atomic mass is 32.1. The van der Waals surface area contributed by atoms with E-state index in [1.807, 2.05) is 12.1 Å². The molecule has 0 unspecified atom stereocenters. The van der Waals surface area contributed by atoms with Crippen molar-refractivity contribution in [3.05, 3.63) is 28.6 Å². The van der Waals surface area contributed by atoms with E-state index in [1.165, 1.54) is 11.3 Å². The summed E-state index contributed by atoms with van der Waals surface area (Å²) in [7, 11) is 0. The first kappa shape index (κ1) is 8.55. The molecular formula is C10H4N2OS. The van der Waals surface area contributed by atoms with Crippen molar-refractivity contribution in [3.8, 4) is 17.9 Å². The van der Waals surface area contributed by atoms with Gasteiger partial charge in [0.25, 0.3) is 0 Å². The molecule has 0 spiro atoms. The van der Waals surface area contributed by atoms with Gasteiger partial charge in [0.15, 0.2) is 0 Å². The predicted octanol–water partition coefficient (Wildman–Crippen LogP) is 2.35. The van der Waals surface area contributed by atoms with Crippen LogP contribution in [-0.2, 0) is 0 Å². The molecule has 0 saturated heterocycles. The van der Waals surface area contributed by atoms with Gasteiger partial charge in [-0.3, -0.25) is 0 Å². The topological polar surface area (TPSA) is 67.8 Å². The normalized spacial score (nSPS) is 9.57. The minimum Gasteiger partial charge on any atom is -0.506 e. The fraction of sp³-hybridized carbons (Fsp3) is 0. The Bertz CT molecular complexity index is 586. The van der Waals surface area contributed by atoms with Crippen LogP contribution in [-0.4, -0.2) is 5.11 Å². The van der Waals surface area contributed by atoms with Gasteiger partial charge in [0.05, 0.1) is 5.56 Å². The molecule has 0 bridgehead atoms. The molecule has 1 N–H and O–H groups in total. The molecule has 3 nitrogen and oxygen atoms in total. The van der Waals surface area contributed by atoms with Crippen LogP contribution in [0, 0.1) is 22.7 Å². The lowest BCUT2D eigenvalue weighted by Crippen LogP contribution is -1.75. The van der Waals surface area contributed by atoms with Crippen LogP contribution in [0.2, 0.25) is 0 Å². The molecule has 0 fully saturated rings. The SMILES string of the molecule is N#Cc1cc2c(O)c(C#N)ccc2s1. The molecule has 0 radical (unpaired) electrons. The molecule has 1 heterocycles. The van der Waals surface area contributed by atoms with Gasteiger partial charge in [-0.15, -0.1) is 11.3 Å². The molecule has 66 valence electrons. The molecule has 2 rings (SSSR count). The molecular weight excluding hydrogens is 196 g/mol. The Morgan fingerprint density at radius 3 is 2.64 bits per heavy atom. The van der Waals surface area contributed by atoms with Gasteiger partial charge in [-0.1, -0.05) is 0 Å². The summed E-state index contributed by atoms with van der Waals surface area (Å²) in [6.45, 7) is 0. The second-order valence-electron chi connectivity index (χ2n) is 2.71. The summed E-state index contributed by atoms with van der Waals surface area (Å²) >= 11 is 1.30. The molecule has 0 aliphatic heterocycles. The number of nitriles is 2. The minimum absolute atomic E-state index is 0.0391. The van der Waals surface area contributed by atoms with E-state index in [4.69, 9.17) is 10.5 Å². The zero-order chi connectivity index (χ0) is 10.1. The Hall–Kier alpha value is -2.04. The summed E-state index contributed by atoms with van der Waals surface area (Å²) in [4.78, 5) is 0.533. The van der Waals surface area contributed by atoms with E-state index in [0.29, 0.717) is 10.3 Å². The third-order valence-corrected chi connectivity index (χ3v) is 2.91. The van der Waals surface area contributed by atoms with E-state index < -0.39 is 0 Å². The quantitative estimate of drug-likeness (QED) is 0.709. The van der Waals surface area contributed by atoms with Gasteiger partial charge in [0, 0.05) is 10.1 Å². The highest BCUT2D eigenvalue weighted by Gasteiger charge is 2.09. The Morgan fingerprint density at radius 2 is 2.00 bits per heavy atom. The van der Waals surface area contributed by atoms with E-state index in [0.717, 1.165) is 4.70 Å².